The maximum absolute atomic E-state index is 5.87. The molecule has 0 radical (unpaired) electrons. The number of benzene rings is 1. The van der Waals surface area contributed by atoms with Gasteiger partial charge in [0.25, 0.3) is 0 Å². The minimum Gasteiger partial charge on any atom is -0.496 e. The molecule has 0 amide bonds. The number of nitrogens with zero attached hydrogens (tertiary/aromatic N) is 1. The van der Waals surface area contributed by atoms with Crippen molar-refractivity contribution in [2.75, 3.05) is 20.7 Å². The fourth-order valence-electron chi connectivity index (χ4n) is 2.43. The Morgan fingerprint density at radius 3 is 2.72 bits per heavy atom. The van der Waals surface area contributed by atoms with Gasteiger partial charge in [-0.05, 0) is 59.4 Å². The van der Waals surface area contributed by atoms with Gasteiger partial charge in [-0.3, -0.25) is 4.90 Å². The van der Waals surface area contributed by atoms with Gasteiger partial charge in [-0.1, -0.05) is 6.07 Å². The Kier molecular flexibility index (Phi) is 4.65. The van der Waals surface area contributed by atoms with Crippen LogP contribution in [0.1, 0.15) is 18.4 Å². The number of rotatable bonds is 6. The fraction of sp³-hybridized carbons (Fsp3) is 0.571. The van der Waals surface area contributed by atoms with Gasteiger partial charge in [-0.25, -0.2) is 0 Å². The molecule has 4 heteroatoms. The minimum absolute atomic E-state index is 0.519. The third-order valence-electron chi connectivity index (χ3n) is 3.62. The molecule has 1 aliphatic carbocycles. The zero-order valence-corrected chi connectivity index (χ0v) is 12.6. The van der Waals surface area contributed by atoms with E-state index in [2.05, 4.69) is 40.0 Å². The summed E-state index contributed by atoms with van der Waals surface area (Å²) in [5, 5.41) is 0. The molecule has 1 saturated carbocycles. The van der Waals surface area contributed by atoms with E-state index in [9.17, 15) is 0 Å². The molecule has 3 nitrogen and oxygen atoms in total. The van der Waals surface area contributed by atoms with E-state index >= 15 is 0 Å². The summed E-state index contributed by atoms with van der Waals surface area (Å²) in [6, 6.07) is 6.75. The summed E-state index contributed by atoms with van der Waals surface area (Å²) in [5.41, 5.74) is 7.15. The number of methoxy groups -OCH3 is 1. The Morgan fingerprint density at radius 1 is 1.50 bits per heavy atom. The lowest BCUT2D eigenvalue weighted by molar-refractivity contribution is 0.215. The first-order chi connectivity index (χ1) is 8.65. The first kappa shape index (κ1) is 13.8. The van der Waals surface area contributed by atoms with Crippen molar-refractivity contribution in [3.63, 3.8) is 0 Å². The van der Waals surface area contributed by atoms with E-state index < -0.39 is 0 Å². The van der Waals surface area contributed by atoms with E-state index in [4.69, 9.17) is 10.5 Å². The monoisotopic (exact) mass is 312 g/mol. The molecule has 1 fully saturated rings. The minimum atomic E-state index is 0.519. The van der Waals surface area contributed by atoms with Crippen molar-refractivity contribution in [3.8, 4) is 5.75 Å². The van der Waals surface area contributed by atoms with Crippen molar-refractivity contribution in [1.29, 1.82) is 0 Å². The first-order valence-electron chi connectivity index (χ1n) is 6.38. The molecule has 0 heterocycles. The van der Waals surface area contributed by atoms with Crippen molar-refractivity contribution in [2.45, 2.75) is 25.4 Å². The van der Waals surface area contributed by atoms with Gasteiger partial charge < -0.3 is 10.5 Å². The fourth-order valence-corrected chi connectivity index (χ4v) is 3.01. The van der Waals surface area contributed by atoms with Crippen LogP contribution >= 0.6 is 15.9 Å². The quantitative estimate of drug-likeness (QED) is 0.877. The van der Waals surface area contributed by atoms with Crippen molar-refractivity contribution in [2.24, 2.45) is 11.7 Å². The normalized spacial score (nSPS) is 16.9. The largest absolute Gasteiger partial charge is 0.496 e. The van der Waals surface area contributed by atoms with Crippen molar-refractivity contribution >= 4 is 15.9 Å². The summed E-state index contributed by atoms with van der Waals surface area (Å²) in [7, 11) is 3.84. The highest BCUT2D eigenvalue weighted by Crippen LogP contribution is 2.35. The maximum atomic E-state index is 5.87. The van der Waals surface area contributed by atoms with E-state index in [1.165, 1.54) is 18.4 Å². The summed E-state index contributed by atoms with van der Waals surface area (Å²) in [5.74, 6) is 1.68. The first-order valence-corrected chi connectivity index (χ1v) is 7.17. The van der Waals surface area contributed by atoms with Gasteiger partial charge in [0.05, 0.1) is 11.6 Å². The molecule has 0 aromatic heterocycles. The zero-order valence-electron chi connectivity index (χ0n) is 11.0. The molecule has 1 unspecified atom stereocenters. The van der Waals surface area contributed by atoms with Crippen LogP contribution in [0.5, 0.6) is 5.75 Å². The van der Waals surface area contributed by atoms with Crippen LogP contribution in [0.25, 0.3) is 0 Å². The third-order valence-corrected chi connectivity index (χ3v) is 4.24. The van der Waals surface area contributed by atoms with Crippen LogP contribution in [-0.4, -0.2) is 31.6 Å². The van der Waals surface area contributed by atoms with Crippen LogP contribution in [0.3, 0.4) is 0 Å². The molecule has 0 aliphatic heterocycles. The van der Waals surface area contributed by atoms with Gasteiger partial charge in [0.1, 0.15) is 5.75 Å². The summed E-state index contributed by atoms with van der Waals surface area (Å²) in [4.78, 5) is 2.37. The molecule has 1 aliphatic rings. The maximum Gasteiger partial charge on any atom is 0.133 e. The van der Waals surface area contributed by atoms with Crippen LogP contribution in [0.4, 0.5) is 0 Å². The van der Waals surface area contributed by atoms with Gasteiger partial charge in [-0.2, -0.15) is 0 Å². The van der Waals surface area contributed by atoms with Gasteiger partial charge in [0, 0.05) is 19.1 Å². The standard InChI is InChI=1S/C14H21BrN2O/c1-17(13(8-16)11-4-5-11)9-10-3-6-14(18-2)12(15)7-10/h3,6-7,11,13H,4-5,8-9,16H2,1-2H3. The SMILES string of the molecule is COc1ccc(CN(C)C(CN)C2CC2)cc1Br. The Labute approximate surface area is 117 Å². The predicted octanol–water partition coefficient (Wildman–Crippen LogP) is 2.63. The van der Waals surface area contributed by atoms with E-state index in [0.29, 0.717) is 6.04 Å². The van der Waals surface area contributed by atoms with Crippen LogP contribution in [0.15, 0.2) is 22.7 Å². The van der Waals surface area contributed by atoms with Crippen molar-refractivity contribution < 1.29 is 4.74 Å². The number of likely N-dealkylation sites (N-methyl/N-ethyl adjacent to an activating group) is 1. The van der Waals surface area contributed by atoms with E-state index in [0.717, 1.165) is 29.2 Å². The summed E-state index contributed by atoms with van der Waals surface area (Å²) < 4.78 is 6.25. The summed E-state index contributed by atoms with van der Waals surface area (Å²) in [6.07, 6.45) is 2.66. The van der Waals surface area contributed by atoms with Crippen LogP contribution in [-0.2, 0) is 6.54 Å². The molecule has 1 aromatic rings. The molecule has 0 bridgehead atoms. The van der Waals surface area contributed by atoms with Crippen molar-refractivity contribution in [1.82, 2.24) is 4.90 Å². The lowest BCUT2D eigenvalue weighted by atomic mass is 10.1. The molecular formula is C14H21BrN2O. The van der Waals surface area contributed by atoms with Crippen LogP contribution < -0.4 is 10.5 Å². The highest BCUT2D eigenvalue weighted by molar-refractivity contribution is 9.10. The molecule has 0 spiro atoms. The Hall–Kier alpha value is -0.580. The molecule has 1 aromatic carbocycles. The predicted molar refractivity (Wildman–Crippen MR) is 77.7 cm³/mol. The molecular weight excluding hydrogens is 292 g/mol. The molecule has 2 N–H and O–H groups in total. The van der Waals surface area contributed by atoms with E-state index in [1.807, 2.05) is 6.07 Å². The average Bonchev–Trinajstić information content (AvgIpc) is 3.15. The van der Waals surface area contributed by atoms with Crippen LogP contribution in [0, 0.1) is 5.92 Å². The zero-order chi connectivity index (χ0) is 13.1. The van der Waals surface area contributed by atoms with Gasteiger partial charge in [0.2, 0.25) is 0 Å². The lowest BCUT2D eigenvalue weighted by Gasteiger charge is -2.27. The summed E-state index contributed by atoms with van der Waals surface area (Å²) >= 11 is 3.52. The highest BCUT2D eigenvalue weighted by atomic mass is 79.9. The lowest BCUT2D eigenvalue weighted by Crippen LogP contribution is -2.39. The van der Waals surface area contributed by atoms with Gasteiger partial charge in [0.15, 0.2) is 0 Å². The second kappa shape index (κ2) is 6.04. The Balaban J connectivity index is 2.01. The molecule has 1 atom stereocenters. The summed E-state index contributed by atoms with van der Waals surface area (Å²) in [6.45, 7) is 1.68. The Morgan fingerprint density at radius 2 is 2.22 bits per heavy atom. The molecule has 100 valence electrons. The smallest absolute Gasteiger partial charge is 0.133 e. The van der Waals surface area contributed by atoms with Gasteiger partial charge >= 0.3 is 0 Å². The van der Waals surface area contributed by atoms with Crippen molar-refractivity contribution in [3.05, 3.63) is 28.2 Å². The van der Waals surface area contributed by atoms with E-state index in [1.54, 1.807) is 7.11 Å². The second-order valence-corrected chi connectivity index (χ2v) is 5.88. The number of nitrogens with two attached hydrogens (primary N) is 1. The average molecular weight is 313 g/mol. The molecule has 2 rings (SSSR count). The van der Waals surface area contributed by atoms with E-state index in [-0.39, 0.29) is 0 Å². The number of hydrogen-bond acceptors (Lipinski definition) is 3. The highest BCUT2D eigenvalue weighted by Gasteiger charge is 2.32. The molecule has 18 heavy (non-hydrogen) atoms. The van der Waals surface area contributed by atoms with Gasteiger partial charge in [-0.15, -0.1) is 0 Å². The molecule has 0 saturated heterocycles. The second-order valence-electron chi connectivity index (χ2n) is 5.02. The Bertz CT molecular complexity index is 407. The third kappa shape index (κ3) is 3.25. The number of halogens is 1. The van der Waals surface area contributed by atoms with Crippen LogP contribution in [0.2, 0.25) is 0 Å². The number of ether oxygens (including phenoxy) is 1. The number of hydrogen-bond donors (Lipinski definition) is 1. The topological polar surface area (TPSA) is 38.5 Å².